The van der Waals surface area contributed by atoms with Crippen molar-refractivity contribution >= 4 is 5.97 Å². The first-order valence-electron chi connectivity index (χ1n) is 6.10. The molecule has 0 radical (unpaired) electrons. The molecule has 0 bridgehead atoms. The van der Waals surface area contributed by atoms with E-state index in [1.807, 2.05) is 37.3 Å². The largest absolute Gasteiger partial charge is 0.464 e. The first-order chi connectivity index (χ1) is 8.20. The summed E-state index contributed by atoms with van der Waals surface area (Å²) in [6.07, 6.45) is 0.609. The van der Waals surface area contributed by atoms with Gasteiger partial charge in [-0.1, -0.05) is 43.7 Å². The minimum Gasteiger partial charge on any atom is -0.464 e. The third-order valence-electron chi connectivity index (χ3n) is 2.74. The van der Waals surface area contributed by atoms with E-state index in [1.54, 1.807) is 6.92 Å². The molecule has 1 aromatic rings. The first kappa shape index (κ1) is 13.7. The third-order valence-corrected chi connectivity index (χ3v) is 2.74. The maximum Gasteiger partial charge on any atom is 0.335 e. The first-order valence-corrected chi connectivity index (χ1v) is 6.10. The van der Waals surface area contributed by atoms with E-state index < -0.39 is 12.1 Å². The van der Waals surface area contributed by atoms with Gasteiger partial charge in [0, 0.05) is 5.92 Å². The lowest BCUT2D eigenvalue weighted by molar-refractivity contribution is -0.154. The lowest BCUT2D eigenvalue weighted by atomic mass is 9.89. The maximum absolute atomic E-state index is 11.6. The summed E-state index contributed by atoms with van der Waals surface area (Å²) >= 11 is 0. The molecular formula is C14H20O3. The van der Waals surface area contributed by atoms with E-state index in [4.69, 9.17) is 4.74 Å². The van der Waals surface area contributed by atoms with E-state index in [0.717, 1.165) is 18.4 Å². The van der Waals surface area contributed by atoms with Crippen molar-refractivity contribution in [1.82, 2.24) is 0 Å². The predicted molar refractivity (Wildman–Crippen MR) is 66.7 cm³/mol. The van der Waals surface area contributed by atoms with Crippen molar-refractivity contribution in [2.24, 2.45) is 0 Å². The smallest absolute Gasteiger partial charge is 0.335 e. The normalized spacial score (nSPS) is 14.1. The molecule has 1 rings (SSSR count). The quantitative estimate of drug-likeness (QED) is 0.772. The van der Waals surface area contributed by atoms with E-state index in [1.165, 1.54) is 0 Å². The molecule has 1 aromatic carbocycles. The molecule has 0 saturated heterocycles. The van der Waals surface area contributed by atoms with Crippen LogP contribution in [-0.2, 0) is 9.53 Å². The van der Waals surface area contributed by atoms with Gasteiger partial charge in [0.1, 0.15) is 0 Å². The van der Waals surface area contributed by atoms with Crippen LogP contribution in [0.3, 0.4) is 0 Å². The van der Waals surface area contributed by atoms with Crippen LogP contribution < -0.4 is 0 Å². The molecular weight excluding hydrogens is 216 g/mol. The monoisotopic (exact) mass is 236 g/mol. The summed E-state index contributed by atoms with van der Waals surface area (Å²) in [6, 6.07) is 9.61. The fourth-order valence-corrected chi connectivity index (χ4v) is 1.91. The van der Waals surface area contributed by atoms with E-state index >= 15 is 0 Å². The number of rotatable bonds is 6. The molecule has 0 aromatic heterocycles. The van der Waals surface area contributed by atoms with Crippen molar-refractivity contribution in [3.8, 4) is 0 Å². The van der Waals surface area contributed by atoms with E-state index in [9.17, 15) is 9.90 Å². The van der Waals surface area contributed by atoms with Crippen LogP contribution in [0.2, 0.25) is 0 Å². The number of carbonyl (C=O) groups excluding carboxylic acids is 1. The Bertz CT molecular complexity index is 335. The zero-order valence-electron chi connectivity index (χ0n) is 10.4. The lowest BCUT2D eigenvalue weighted by Crippen LogP contribution is -2.30. The molecule has 17 heavy (non-hydrogen) atoms. The van der Waals surface area contributed by atoms with Crippen LogP contribution in [0.15, 0.2) is 30.3 Å². The SMILES string of the molecule is CCC[C@H](c1ccccc1)[C@H](O)C(=O)OCC. The van der Waals surface area contributed by atoms with Crippen molar-refractivity contribution < 1.29 is 14.6 Å². The minimum absolute atomic E-state index is 0.180. The van der Waals surface area contributed by atoms with Gasteiger partial charge in [0.15, 0.2) is 6.10 Å². The van der Waals surface area contributed by atoms with E-state index in [0.29, 0.717) is 6.61 Å². The van der Waals surface area contributed by atoms with Crippen molar-refractivity contribution in [2.75, 3.05) is 6.61 Å². The highest BCUT2D eigenvalue weighted by molar-refractivity contribution is 5.75. The second kappa shape index (κ2) is 7.07. The summed E-state index contributed by atoms with van der Waals surface area (Å²) < 4.78 is 4.86. The Morgan fingerprint density at radius 1 is 1.29 bits per heavy atom. The van der Waals surface area contributed by atoms with Gasteiger partial charge in [0.2, 0.25) is 0 Å². The molecule has 0 amide bonds. The standard InChI is InChI=1S/C14H20O3/c1-3-8-12(11-9-6-5-7-10-11)13(15)14(16)17-4-2/h5-7,9-10,12-13,15H,3-4,8H2,1-2H3/t12-,13+/m1/s1. The molecule has 2 atom stereocenters. The molecule has 0 heterocycles. The van der Waals surface area contributed by atoms with Gasteiger partial charge in [-0.05, 0) is 18.9 Å². The number of ether oxygens (including phenoxy) is 1. The highest BCUT2D eigenvalue weighted by atomic mass is 16.5. The second-order valence-electron chi connectivity index (χ2n) is 4.00. The maximum atomic E-state index is 11.6. The minimum atomic E-state index is -1.07. The molecule has 0 aliphatic rings. The van der Waals surface area contributed by atoms with Crippen LogP contribution in [0, 0.1) is 0 Å². The second-order valence-corrected chi connectivity index (χ2v) is 4.00. The average molecular weight is 236 g/mol. The topological polar surface area (TPSA) is 46.5 Å². The lowest BCUT2D eigenvalue weighted by Gasteiger charge is -2.21. The molecule has 0 saturated carbocycles. The van der Waals surface area contributed by atoms with Crippen LogP contribution in [-0.4, -0.2) is 23.8 Å². The average Bonchev–Trinajstić information content (AvgIpc) is 2.36. The number of carbonyl (C=O) groups is 1. The highest BCUT2D eigenvalue weighted by Crippen LogP contribution is 2.25. The Hall–Kier alpha value is -1.35. The van der Waals surface area contributed by atoms with Crippen molar-refractivity contribution in [1.29, 1.82) is 0 Å². The molecule has 3 nitrogen and oxygen atoms in total. The summed E-state index contributed by atoms with van der Waals surface area (Å²) in [5, 5.41) is 10.0. The number of hydrogen-bond acceptors (Lipinski definition) is 3. The van der Waals surface area contributed by atoms with Crippen LogP contribution in [0.1, 0.15) is 38.2 Å². The van der Waals surface area contributed by atoms with E-state index in [2.05, 4.69) is 0 Å². The molecule has 94 valence electrons. The molecule has 0 aliphatic carbocycles. The zero-order chi connectivity index (χ0) is 12.7. The molecule has 3 heteroatoms. The Kier molecular flexibility index (Phi) is 5.70. The van der Waals surface area contributed by atoms with Gasteiger partial charge in [-0.3, -0.25) is 0 Å². The summed E-state index contributed by atoms with van der Waals surface area (Å²) in [7, 11) is 0. The molecule has 0 unspecified atom stereocenters. The van der Waals surface area contributed by atoms with Crippen LogP contribution >= 0.6 is 0 Å². The summed E-state index contributed by atoms with van der Waals surface area (Å²) in [5.74, 6) is -0.713. The van der Waals surface area contributed by atoms with Crippen LogP contribution in [0.25, 0.3) is 0 Å². The van der Waals surface area contributed by atoms with Crippen molar-refractivity contribution in [3.05, 3.63) is 35.9 Å². The Balaban J connectivity index is 2.82. The summed E-state index contributed by atoms with van der Waals surface area (Å²) in [6.45, 7) is 4.07. The van der Waals surface area contributed by atoms with Gasteiger partial charge in [-0.25, -0.2) is 4.79 Å². The van der Waals surface area contributed by atoms with Gasteiger partial charge < -0.3 is 9.84 Å². The van der Waals surface area contributed by atoms with Gasteiger partial charge in [0.05, 0.1) is 6.61 Å². The number of aliphatic hydroxyl groups excluding tert-OH is 1. The molecule has 1 N–H and O–H groups in total. The number of aliphatic hydroxyl groups is 1. The Morgan fingerprint density at radius 2 is 1.94 bits per heavy atom. The van der Waals surface area contributed by atoms with Crippen molar-refractivity contribution in [2.45, 2.75) is 38.7 Å². The number of hydrogen-bond donors (Lipinski definition) is 1. The third kappa shape index (κ3) is 3.86. The van der Waals surface area contributed by atoms with Crippen molar-refractivity contribution in [3.63, 3.8) is 0 Å². The van der Waals surface area contributed by atoms with Gasteiger partial charge >= 0.3 is 5.97 Å². The Labute approximate surface area is 102 Å². The summed E-state index contributed by atoms with van der Waals surface area (Å²) in [5.41, 5.74) is 0.981. The fourth-order valence-electron chi connectivity index (χ4n) is 1.91. The molecule has 0 spiro atoms. The zero-order valence-corrected chi connectivity index (χ0v) is 10.4. The van der Waals surface area contributed by atoms with E-state index in [-0.39, 0.29) is 5.92 Å². The fraction of sp³-hybridized carbons (Fsp3) is 0.500. The number of benzene rings is 1. The molecule has 0 aliphatic heterocycles. The van der Waals surface area contributed by atoms with Gasteiger partial charge in [-0.15, -0.1) is 0 Å². The summed E-state index contributed by atoms with van der Waals surface area (Å²) in [4.78, 5) is 11.6. The predicted octanol–water partition coefficient (Wildman–Crippen LogP) is 2.49. The van der Waals surface area contributed by atoms with Gasteiger partial charge in [0.25, 0.3) is 0 Å². The van der Waals surface area contributed by atoms with Crippen LogP contribution in [0.4, 0.5) is 0 Å². The highest BCUT2D eigenvalue weighted by Gasteiger charge is 2.27. The van der Waals surface area contributed by atoms with Gasteiger partial charge in [-0.2, -0.15) is 0 Å². The molecule has 0 fully saturated rings. The van der Waals surface area contributed by atoms with Crippen LogP contribution in [0.5, 0.6) is 0 Å². The Morgan fingerprint density at radius 3 is 2.47 bits per heavy atom. The number of esters is 1.